The van der Waals surface area contributed by atoms with Gasteiger partial charge in [0.25, 0.3) is 0 Å². The summed E-state index contributed by atoms with van der Waals surface area (Å²) in [5, 5.41) is 12.1. The predicted molar refractivity (Wildman–Crippen MR) is 105 cm³/mol. The number of nitrogens with zero attached hydrogens (tertiary/aromatic N) is 1. The summed E-state index contributed by atoms with van der Waals surface area (Å²) in [4.78, 5) is 39.1. The first-order chi connectivity index (χ1) is 14.9. The van der Waals surface area contributed by atoms with E-state index in [1.54, 1.807) is 30.9 Å². The number of amides is 1. The number of hydrogen-bond donors (Lipinski definition) is 1. The van der Waals surface area contributed by atoms with Crippen molar-refractivity contribution in [1.82, 2.24) is 4.90 Å². The van der Waals surface area contributed by atoms with E-state index in [0.717, 1.165) is 11.1 Å². The molecule has 2 fully saturated rings. The first kappa shape index (κ1) is 20.1. The Hall–Kier alpha value is -2.81. The van der Waals surface area contributed by atoms with Crippen LogP contribution in [0.1, 0.15) is 44.2 Å². The van der Waals surface area contributed by atoms with Gasteiger partial charge in [0.15, 0.2) is 23.4 Å². The molecule has 9 nitrogen and oxygen atoms in total. The van der Waals surface area contributed by atoms with E-state index in [4.69, 9.17) is 18.9 Å². The van der Waals surface area contributed by atoms with Crippen LogP contribution in [0.3, 0.4) is 0 Å². The third kappa shape index (κ3) is 2.49. The number of carbonyl (C=O) groups is 3. The van der Waals surface area contributed by atoms with E-state index in [1.165, 1.54) is 0 Å². The van der Waals surface area contributed by atoms with E-state index < -0.39 is 35.4 Å². The summed E-state index contributed by atoms with van der Waals surface area (Å²) in [6.45, 7) is 4.15. The van der Waals surface area contributed by atoms with Crippen molar-refractivity contribution in [2.24, 2.45) is 0 Å². The van der Waals surface area contributed by atoms with Gasteiger partial charge in [0.2, 0.25) is 0 Å². The molecule has 2 aliphatic heterocycles. The lowest BCUT2D eigenvalue weighted by Gasteiger charge is -2.61. The molecule has 31 heavy (non-hydrogen) atoms. The van der Waals surface area contributed by atoms with Gasteiger partial charge in [0, 0.05) is 18.5 Å². The summed E-state index contributed by atoms with van der Waals surface area (Å²) < 4.78 is 21.6. The number of piperidine rings is 1. The zero-order chi connectivity index (χ0) is 22.0. The Morgan fingerprint density at radius 3 is 2.74 bits per heavy atom. The van der Waals surface area contributed by atoms with Gasteiger partial charge in [-0.3, -0.25) is 4.79 Å². The molecule has 2 aliphatic carbocycles. The Kier molecular flexibility index (Phi) is 4.44. The summed E-state index contributed by atoms with van der Waals surface area (Å²) in [6, 6.07) is 2.88. The first-order valence-corrected chi connectivity index (χ1v) is 10.7. The van der Waals surface area contributed by atoms with Gasteiger partial charge in [-0.25, -0.2) is 9.59 Å². The van der Waals surface area contributed by atoms with Gasteiger partial charge < -0.3 is 29.0 Å². The normalized spacial score (nSPS) is 32.1. The lowest BCUT2D eigenvalue weighted by molar-refractivity contribution is -0.183. The quantitative estimate of drug-likeness (QED) is 0.572. The van der Waals surface area contributed by atoms with Crippen LogP contribution < -0.4 is 9.47 Å². The molecular weight excluding hydrogens is 406 g/mol. The fourth-order valence-corrected chi connectivity index (χ4v) is 6.06. The molecule has 4 aliphatic rings. The van der Waals surface area contributed by atoms with Crippen LogP contribution >= 0.6 is 0 Å². The van der Waals surface area contributed by atoms with Crippen LogP contribution in [-0.2, 0) is 26.1 Å². The fourth-order valence-electron chi connectivity index (χ4n) is 6.06. The number of rotatable bonds is 3. The van der Waals surface area contributed by atoms with E-state index in [-0.39, 0.29) is 37.6 Å². The molecule has 1 spiro atoms. The molecule has 0 radical (unpaired) electrons. The first-order valence-electron chi connectivity index (χ1n) is 10.7. The van der Waals surface area contributed by atoms with Crippen molar-refractivity contribution in [2.75, 3.05) is 19.8 Å². The van der Waals surface area contributed by atoms with Gasteiger partial charge in [-0.1, -0.05) is 6.07 Å². The Bertz CT molecular complexity index is 977. The van der Waals surface area contributed by atoms with E-state index in [9.17, 15) is 19.5 Å². The van der Waals surface area contributed by atoms with Crippen LogP contribution in [0.2, 0.25) is 0 Å². The number of ketones is 1. The smallest absolute Gasteiger partial charge is 0.477 e. The van der Waals surface area contributed by atoms with Crippen LogP contribution in [0, 0.1) is 0 Å². The standard InChI is InChI=1S/C22H25NO8/c1-3-28-19(25)23-10-9-21-16-12-5-6-14(30-20(26)29-4-2)17(16)31-18(21)13(24)7-8-22(21,27)15(23)11-12/h5-6,15,18,27H,3-4,7-11H2,1-2H3/t15?,18-,21-,22+/m0/s1. The minimum Gasteiger partial charge on any atom is -0.477 e. The lowest BCUT2D eigenvalue weighted by atomic mass is 9.49. The maximum atomic E-state index is 12.9. The van der Waals surface area contributed by atoms with Crippen molar-refractivity contribution in [3.8, 4) is 11.5 Å². The largest absolute Gasteiger partial charge is 0.513 e. The number of aliphatic hydroxyl groups is 1. The molecule has 1 saturated heterocycles. The fraction of sp³-hybridized carbons (Fsp3) is 0.591. The number of hydrogen-bond acceptors (Lipinski definition) is 8. The van der Waals surface area contributed by atoms with Crippen molar-refractivity contribution in [1.29, 1.82) is 0 Å². The van der Waals surface area contributed by atoms with Gasteiger partial charge in [0.1, 0.15) is 0 Å². The van der Waals surface area contributed by atoms with Crippen LogP contribution in [0.4, 0.5) is 9.59 Å². The molecule has 1 amide bonds. The molecule has 4 atom stereocenters. The Labute approximate surface area is 179 Å². The zero-order valence-corrected chi connectivity index (χ0v) is 17.5. The molecule has 2 heterocycles. The van der Waals surface area contributed by atoms with Gasteiger partial charge in [-0.05, 0) is 44.7 Å². The Balaban J connectivity index is 1.65. The average Bonchev–Trinajstić information content (AvgIpc) is 3.08. The Morgan fingerprint density at radius 1 is 1.23 bits per heavy atom. The van der Waals surface area contributed by atoms with Gasteiger partial charge in [-0.2, -0.15) is 0 Å². The van der Waals surface area contributed by atoms with Crippen molar-refractivity contribution < 1.29 is 38.4 Å². The highest BCUT2D eigenvalue weighted by Crippen LogP contribution is 2.64. The second-order valence-electron chi connectivity index (χ2n) is 8.43. The van der Waals surface area contributed by atoms with Crippen molar-refractivity contribution in [3.05, 3.63) is 23.3 Å². The number of likely N-dealkylation sites (tertiary alicyclic amines) is 1. The van der Waals surface area contributed by atoms with Crippen LogP contribution in [0.15, 0.2) is 12.1 Å². The highest BCUT2D eigenvalue weighted by molar-refractivity contribution is 5.90. The third-order valence-corrected chi connectivity index (χ3v) is 7.20. The minimum absolute atomic E-state index is 0.0980. The molecule has 0 aromatic heterocycles. The van der Waals surface area contributed by atoms with Crippen LogP contribution in [0.25, 0.3) is 0 Å². The highest BCUT2D eigenvalue weighted by Gasteiger charge is 2.73. The number of carbonyl (C=O) groups excluding carboxylic acids is 3. The number of Topliss-reactive ketones (excluding diaryl/α,β-unsaturated/α-hetero) is 1. The number of benzene rings is 1. The Morgan fingerprint density at radius 2 is 2.00 bits per heavy atom. The summed E-state index contributed by atoms with van der Waals surface area (Å²) in [5.41, 5.74) is -0.758. The van der Waals surface area contributed by atoms with Gasteiger partial charge >= 0.3 is 12.2 Å². The van der Waals surface area contributed by atoms with E-state index in [0.29, 0.717) is 25.1 Å². The zero-order valence-electron chi connectivity index (χ0n) is 17.5. The van der Waals surface area contributed by atoms with Crippen molar-refractivity contribution in [3.63, 3.8) is 0 Å². The third-order valence-electron chi connectivity index (χ3n) is 7.20. The summed E-state index contributed by atoms with van der Waals surface area (Å²) in [5.74, 6) is 0.383. The molecule has 1 unspecified atom stereocenters. The van der Waals surface area contributed by atoms with Crippen LogP contribution in [0.5, 0.6) is 11.5 Å². The summed E-state index contributed by atoms with van der Waals surface area (Å²) in [6.07, 6.45) is -1.10. The second kappa shape index (κ2) is 6.85. The minimum atomic E-state index is -1.35. The molecule has 9 heteroatoms. The molecule has 5 rings (SSSR count). The molecular formula is C22H25NO8. The highest BCUT2D eigenvalue weighted by atomic mass is 16.7. The summed E-state index contributed by atoms with van der Waals surface area (Å²) in [7, 11) is 0. The molecule has 2 bridgehead atoms. The molecule has 1 saturated carbocycles. The molecule has 1 aromatic carbocycles. The van der Waals surface area contributed by atoms with Crippen molar-refractivity contribution >= 4 is 18.0 Å². The SMILES string of the molecule is CCOC(=O)Oc1ccc2c3c1O[C@H]1C(=O)CC[C@@]4(O)C(C2)N(C(=O)OCC)CC[C@]314. The topological polar surface area (TPSA) is 112 Å². The van der Waals surface area contributed by atoms with Crippen LogP contribution in [-0.4, -0.2) is 65.5 Å². The lowest BCUT2D eigenvalue weighted by Crippen LogP contribution is -2.77. The molecule has 166 valence electrons. The number of ether oxygens (including phenoxy) is 4. The van der Waals surface area contributed by atoms with E-state index in [1.807, 2.05) is 0 Å². The second-order valence-corrected chi connectivity index (χ2v) is 8.43. The predicted octanol–water partition coefficient (Wildman–Crippen LogP) is 2.10. The average molecular weight is 431 g/mol. The maximum Gasteiger partial charge on any atom is 0.513 e. The van der Waals surface area contributed by atoms with Crippen molar-refractivity contribution in [2.45, 2.75) is 62.7 Å². The molecule has 1 aromatic rings. The van der Waals surface area contributed by atoms with E-state index >= 15 is 0 Å². The monoisotopic (exact) mass is 431 g/mol. The molecule has 1 N–H and O–H groups in total. The summed E-state index contributed by atoms with van der Waals surface area (Å²) >= 11 is 0. The van der Waals surface area contributed by atoms with E-state index in [2.05, 4.69) is 0 Å². The maximum absolute atomic E-state index is 12.9. The van der Waals surface area contributed by atoms with Gasteiger partial charge in [-0.15, -0.1) is 0 Å². The van der Waals surface area contributed by atoms with Gasteiger partial charge in [0.05, 0.1) is 30.3 Å².